The van der Waals surface area contributed by atoms with Gasteiger partial charge in [0.25, 0.3) is 0 Å². The molecule has 5 nitrogen and oxygen atoms in total. The number of esters is 1. The van der Waals surface area contributed by atoms with E-state index >= 15 is 0 Å². The van der Waals surface area contributed by atoms with Crippen LogP contribution >= 0.6 is 0 Å². The summed E-state index contributed by atoms with van der Waals surface area (Å²) in [5.41, 5.74) is 2.90. The van der Waals surface area contributed by atoms with Crippen molar-refractivity contribution < 1.29 is 9.53 Å². The van der Waals surface area contributed by atoms with E-state index in [4.69, 9.17) is 4.74 Å². The molecule has 19 heavy (non-hydrogen) atoms. The molecular weight excluding hydrogens is 242 g/mol. The second-order valence-electron chi connectivity index (χ2n) is 4.41. The van der Waals surface area contributed by atoms with Crippen molar-refractivity contribution in [2.75, 3.05) is 6.61 Å². The molecule has 0 spiro atoms. The number of hydrogen-bond donors (Lipinski definition) is 0. The number of nitrogens with zero attached hydrogens (tertiary/aromatic N) is 3. The van der Waals surface area contributed by atoms with E-state index in [1.165, 1.54) is 0 Å². The van der Waals surface area contributed by atoms with E-state index in [2.05, 4.69) is 10.1 Å². The minimum absolute atomic E-state index is 0.241. The molecule has 5 heteroatoms. The van der Waals surface area contributed by atoms with Crippen LogP contribution in [-0.2, 0) is 22.5 Å². The Morgan fingerprint density at radius 3 is 2.89 bits per heavy atom. The average molecular weight is 259 g/mol. The predicted octanol–water partition coefficient (Wildman–Crippen LogP) is 1.68. The van der Waals surface area contributed by atoms with Crippen LogP contribution in [0.4, 0.5) is 0 Å². The lowest BCUT2D eigenvalue weighted by Crippen LogP contribution is -2.14. The van der Waals surface area contributed by atoms with Crippen molar-refractivity contribution in [2.45, 2.75) is 26.8 Å². The SMILES string of the molecule is Cc1cc(C)n(CCOC(=O)Cc2cccnc2)n1. The zero-order chi connectivity index (χ0) is 13.7. The molecule has 0 unspecified atom stereocenters. The van der Waals surface area contributed by atoms with Crippen LogP contribution in [0.25, 0.3) is 0 Å². The monoisotopic (exact) mass is 259 g/mol. The molecule has 0 aliphatic carbocycles. The maximum Gasteiger partial charge on any atom is 0.310 e. The molecule has 0 aromatic carbocycles. The van der Waals surface area contributed by atoms with Gasteiger partial charge in [-0.25, -0.2) is 0 Å². The summed E-state index contributed by atoms with van der Waals surface area (Å²) < 4.78 is 7.03. The Bertz CT molecular complexity index is 549. The molecule has 0 aliphatic rings. The second kappa shape index (κ2) is 6.13. The summed E-state index contributed by atoms with van der Waals surface area (Å²) in [6.45, 7) is 4.84. The fourth-order valence-electron chi connectivity index (χ4n) is 1.87. The van der Waals surface area contributed by atoms with E-state index < -0.39 is 0 Å². The van der Waals surface area contributed by atoms with Crippen molar-refractivity contribution >= 4 is 5.97 Å². The third-order valence-corrected chi connectivity index (χ3v) is 2.74. The van der Waals surface area contributed by atoms with Gasteiger partial charge in [0.05, 0.1) is 18.7 Å². The number of carbonyl (C=O) groups excluding carboxylic acids is 1. The lowest BCUT2D eigenvalue weighted by molar-refractivity contribution is -0.143. The lowest BCUT2D eigenvalue weighted by Gasteiger charge is -2.06. The van der Waals surface area contributed by atoms with Gasteiger partial charge in [0, 0.05) is 18.1 Å². The summed E-state index contributed by atoms with van der Waals surface area (Å²) >= 11 is 0. The number of rotatable bonds is 5. The van der Waals surface area contributed by atoms with Gasteiger partial charge in [-0.3, -0.25) is 14.5 Å². The molecule has 2 aromatic rings. The number of aryl methyl sites for hydroxylation is 2. The summed E-state index contributed by atoms with van der Waals surface area (Å²) in [6.07, 6.45) is 3.60. The summed E-state index contributed by atoms with van der Waals surface area (Å²) in [7, 11) is 0. The smallest absolute Gasteiger partial charge is 0.310 e. The first kappa shape index (κ1) is 13.3. The standard InChI is InChI=1S/C14H17N3O2/c1-11-8-12(2)17(16-11)6-7-19-14(18)9-13-4-3-5-15-10-13/h3-5,8,10H,6-7,9H2,1-2H3. The van der Waals surface area contributed by atoms with Gasteiger partial charge in [-0.1, -0.05) is 6.07 Å². The van der Waals surface area contributed by atoms with Crippen molar-refractivity contribution in [3.05, 3.63) is 47.5 Å². The van der Waals surface area contributed by atoms with Crippen molar-refractivity contribution in [1.82, 2.24) is 14.8 Å². The third kappa shape index (κ3) is 3.91. The molecule has 0 N–H and O–H groups in total. The molecule has 0 saturated carbocycles. The number of ether oxygens (including phenoxy) is 1. The van der Waals surface area contributed by atoms with Gasteiger partial charge < -0.3 is 4.74 Å². The number of aromatic nitrogens is 3. The number of pyridine rings is 1. The molecule has 0 amide bonds. The predicted molar refractivity (Wildman–Crippen MR) is 70.6 cm³/mol. The van der Waals surface area contributed by atoms with E-state index in [9.17, 15) is 4.79 Å². The Morgan fingerprint density at radius 2 is 2.26 bits per heavy atom. The first-order valence-corrected chi connectivity index (χ1v) is 6.21. The van der Waals surface area contributed by atoms with Crippen LogP contribution in [0.1, 0.15) is 17.0 Å². The van der Waals surface area contributed by atoms with Crippen LogP contribution in [0.15, 0.2) is 30.6 Å². The zero-order valence-electron chi connectivity index (χ0n) is 11.2. The summed E-state index contributed by atoms with van der Waals surface area (Å²) in [4.78, 5) is 15.6. The quantitative estimate of drug-likeness (QED) is 0.767. The van der Waals surface area contributed by atoms with Crippen molar-refractivity contribution in [2.24, 2.45) is 0 Å². The van der Waals surface area contributed by atoms with Crippen LogP contribution in [-0.4, -0.2) is 27.3 Å². The molecule has 0 fully saturated rings. The van der Waals surface area contributed by atoms with Gasteiger partial charge in [0.1, 0.15) is 6.61 Å². The summed E-state index contributed by atoms with van der Waals surface area (Å²) in [6, 6.07) is 5.66. The fourth-order valence-corrected chi connectivity index (χ4v) is 1.87. The van der Waals surface area contributed by atoms with Crippen molar-refractivity contribution in [3.8, 4) is 0 Å². The molecule has 0 atom stereocenters. The molecule has 0 radical (unpaired) electrons. The van der Waals surface area contributed by atoms with Crippen LogP contribution in [0, 0.1) is 13.8 Å². The maximum atomic E-state index is 11.6. The van der Waals surface area contributed by atoms with E-state index in [0.29, 0.717) is 13.2 Å². The normalized spacial score (nSPS) is 10.4. The van der Waals surface area contributed by atoms with Crippen LogP contribution in [0.5, 0.6) is 0 Å². The molecule has 2 heterocycles. The van der Waals surface area contributed by atoms with Gasteiger partial charge >= 0.3 is 5.97 Å². The van der Waals surface area contributed by atoms with Crippen molar-refractivity contribution in [1.29, 1.82) is 0 Å². The maximum absolute atomic E-state index is 11.6. The zero-order valence-corrected chi connectivity index (χ0v) is 11.2. The molecule has 100 valence electrons. The lowest BCUT2D eigenvalue weighted by atomic mass is 10.2. The van der Waals surface area contributed by atoms with E-state index in [1.54, 1.807) is 18.5 Å². The minimum Gasteiger partial charge on any atom is -0.463 e. The van der Waals surface area contributed by atoms with Crippen LogP contribution < -0.4 is 0 Å². The molecular formula is C14H17N3O2. The highest BCUT2D eigenvalue weighted by atomic mass is 16.5. The van der Waals surface area contributed by atoms with E-state index in [1.807, 2.05) is 30.7 Å². The molecule has 2 rings (SSSR count). The largest absolute Gasteiger partial charge is 0.463 e. The first-order chi connectivity index (χ1) is 9.15. The van der Waals surface area contributed by atoms with Gasteiger partial charge in [0.15, 0.2) is 0 Å². The Hall–Kier alpha value is -2.17. The topological polar surface area (TPSA) is 57.0 Å². The van der Waals surface area contributed by atoms with E-state index in [0.717, 1.165) is 17.0 Å². The number of hydrogen-bond acceptors (Lipinski definition) is 4. The Morgan fingerprint density at radius 1 is 1.42 bits per heavy atom. The second-order valence-corrected chi connectivity index (χ2v) is 4.41. The fraction of sp³-hybridized carbons (Fsp3) is 0.357. The highest BCUT2D eigenvalue weighted by Gasteiger charge is 2.06. The van der Waals surface area contributed by atoms with Crippen LogP contribution in [0.2, 0.25) is 0 Å². The highest BCUT2D eigenvalue weighted by Crippen LogP contribution is 2.02. The summed E-state index contributed by atoms with van der Waals surface area (Å²) in [5.74, 6) is -0.241. The average Bonchev–Trinajstić information content (AvgIpc) is 2.69. The first-order valence-electron chi connectivity index (χ1n) is 6.21. The number of carbonyl (C=O) groups is 1. The molecule has 2 aromatic heterocycles. The van der Waals surface area contributed by atoms with Gasteiger partial charge in [-0.2, -0.15) is 5.10 Å². The van der Waals surface area contributed by atoms with Gasteiger partial charge in [-0.15, -0.1) is 0 Å². The van der Waals surface area contributed by atoms with Crippen LogP contribution in [0.3, 0.4) is 0 Å². The summed E-state index contributed by atoms with van der Waals surface area (Å²) in [5, 5.41) is 4.31. The molecule has 0 bridgehead atoms. The third-order valence-electron chi connectivity index (χ3n) is 2.74. The van der Waals surface area contributed by atoms with Crippen molar-refractivity contribution in [3.63, 3.8) is 0 Å². The Labute approximate surface area is 112 Å². The molecule has 0 aliphatic heterocycles. The molecule has 0 saturated heterocycles. The van der Waals surface area contributed by atoms with Gasteiger partial charge in [-0.05, 0) is 31.5 Å². The minimum atomic E-state index is -0.241. The Kier molecular flexibility index (Phi) is 4.28. The highest BCUT2D eigenvalue weighted by molar-refractivity contribution is 5.72. The Balaban J connectivity index is 1.77. The van der Waals surface area contributed by atoms with E-state index in [-0.39, 0.29) is 12.4 Å². The van der Waals surface area contributed by atoms with Gasteiger partial charge in [0.2, 0.25) is 0 Å².